The van der Waals surface area contributed by atoms with Crippen LogP contribution in [0, 0.1) is 18.6 Å². The number of aromatic amines is 1. The summed E-state index contributed by atoms with van der Waals surface area (Å²) in [5, 5.41) is 7.11. The zero-order valence-corrected chi connectivity index (χ0v) is 22.2. The van der Waals surface area contributed by atoms with Crippen molar-refractivity contribution in [3.05, 3.63) is 41.9 Å². The van der Waals surface area contributed by atoms with Crippen LogP contribution in [0.4, 0.5) is 0 Å². The van der Waals surface area contributed by atoms with Gasteiger partial charge in [0.25, 0.3) is 0 Å². The van der Waals surface area contributed by atoms with Gasteiger partial charge in [-0.2, -0.15) is 11.2 Å². The molecule has 1 radical (unpaired) electrons. The van der Waals surface area contributed by atoms with E-state index in [0.29, 0.717) is 16.3 Å². The van der Waals surface area contributed by atoms with Gasteiger partial charge >= 0.3 is 8.60 Å². The van der Waals surface area contributed by atoms with Crippen molar-refractivity contribution in [2.75, 3.05) is 0 Å². The van der Waals surface area contributed by atoms with E-state index in [1.54, 1.807) is 4.57 Å². The van der Waals surface area contributed by atoms with Gasteiger partial charge < -0.3 is 9.09 Å². The molecule has 9 heteroatoms. The summed E-state index contributed by atoms with van der Waals surface area (Å²) < 4.78 is 20.6. The Morgan fingerprint density at radius 3 is 1.96 bits per heavy atom. The molecule has 0 aliphatic carbocycles. The SMILES string of the molecule is [CH2-]c1cc(OP(OC(C)(C)C)OC(C)(C)C)c(-c2n[nH]c(=S)n2C)cc1[CH2-].[Y]. The molecule has 0 aliphatic rings. The minimum Gasteiger partial charge on any atom is -0.442 e. The van der Waals surface area contributed by atoms with Crippen molar-refractivity contribution >= 4 is 20.8 Å². The standard InChI is InChI=1S/C19H28N3O3PS.Y/c1-12-10-14(16-20-21-17(27)22(16)9)15(11-13(12)2)23-26(24-18(3,4)5)25-19(6,7)8;/h10-11H,1-2H2,3-9H3,(H,21,27);/q-2;. The average Bonchev–Trinajstić information content (AvgIpc) is 2.79. The maximum absolute atomic E-state index is 6.20. The monoisotopic (exact) mass is 498 g/mol. The quantitative estimate of drug-likeness (QED) is 0.324. The van der Waals surface area contributed by atoms with Gasteiger partial charge in [0.05, 0.1) is 17.0 Å². The van der Waals surface area contributed by atoms with Gasteiger partial charge in [0.15, 0.2) is 10.6 Å². The number of H-pyrrole nitrogens is 1. The Morgan fingerprint density at radius 2 is 1.54 bits per heavy atom. The first-order valence-electron chi connectivity index (χ1n) is 8.57. The van der Waals surface area contributed by atoms with Crippen LogP contribution in [0.5, 0.6) is 5.75 Å². The van der Waals surface area contributed by atoms with E-state index in [9.17, 15) is 0 Å². The van der Waals surface area contributed by atoms with Gasteiger partial charge in [-0.3, -0.25) is 39.1 Å². The number of rotatable bonds is 5. The zero-order valence-electron chi connectivity index (χ0n) is 17.6. The summed E-state index contributed by atoms with van der Waals surface area (Å²) in [5.74, 6) is 1.20. The second-order valence-corrected chi connectivity index (χ2v) is 9.63. The third-order valence-electron chi connectivity index (χ3n) is 3.29. The van der Waals surface area contributed by atoms with Crippen LogP contribution in [-0.4, -0.2) is 26.0 Å². The molecule has 0 fully saturated rings. The maximum atomic E-state index is 6.20. The first-order valence-corrected chi connectivity index (χ1v) is 10.1. The minimum atomic E-state index is -1.67. The number of aromatic nitrogens is 3. The normalized spacial score (nSPS) is 12.1. The predicted octanol–water partition coefficient (Wildman–Crippen LogP) is 5.74. The number of nitrogens with one attached hydrogen (secondary N) is 1. The Morgan fingerprint density at radius 1 is 1.04 bits per heavy atom. The van der Waals surface area contributed by atoms with Gasteiger partial charge in [-0.15, -0.1) is 0 Å². The van der Waals surface area contributed by atoms with Crippen molar-refractivity contribution in [3.8, 4) is 17.1 Å². The molecule has 0 spiro atoms. The van der Waals surface area contributed by atoms with Crippen LogP contribution >= 0.6 is 20.8 Å². The second kappa shape index (κ2) is 9.59. The van der Waals surface area contributed by atoms with E-state index >= 15 is 0 Å². The van der Waals surface area contributed by atoms with E-state index in [2.05, 4.69) is 24.0 Å². The van der Waals surface area contributed by atoms with Gasteiger partial charge in [-0.1, -0.05) is 0 Å². The maximum Gasteiger partial charge on any atom is 0.397 e. The van der Waals surface area contributed by atoms with Gasteiger partial charge in [0.2, 0.25) is 0 Å². The number of hydrogen-bond acceptors (Lipinski definition) is 5. The van der Waals surface area contributed by atoms with Crippen molar-refractivity contribution in [2.24, 2.45) is 7.05 Å². The summed E-state index contributed by atoms with van der Waals surface area (Å²) in [6, 6.07) is 3.70. The van der Waals surface area contributed by atoms with E-state index in [1.807, 2.05) is 60.7 Å². The second-order valence-electron chi connectivity index (χ2n) is 8.25. The van der Waals surface area contributed by atoms with Crippen LogP contribution in [0.1, 0.15) is 52.7 Å². The Hall–Kier alpha value is -0.426. The van der Waals surface area contributed by atoms with E-state index in [-0.39, 0.29) is 32.7 Å². The fourth-order valence-electron chi connectivity index (χ4n) is 2.09. The first kappa shape index (κ1) is 25.6. The minimum absolute atomic E-state index is 0. The summed E-state index contributed by atoms with van der Waals surface area (Å²) in [6.07, 6.45) is 0. The smallest absolute Gasteiger partial charge is 0.397 e. The van der Waals surface area contributed by atoms with Crippen LogP contribution in [0.15, 0.2) is 12.1 Å². The zero-order chi connectivity index (χ0) is 20.6. The van der Waals surface area contributed by atoms with Crippen LogP contribution in [-0.2, 0) is 48.8 Å². The molecule has 28 heavy (non-hydrogen) atoms. The molecule has 0 aliphatic heterocycles. The largest absolute Gasteiger partial charge is 0.442 e. The van der Waals surface area contributed by atoms with Crippen molar-refractivity contribution in [1.29, 1.82) is 0 Å². The number of benzene rings is 1. The summed E-state index contributed by atoms with van der Waals surface area (Å²) >= 11 is 5.24. The molecule has 2 rings (SSSR count). The van der Waals surface area contributed by atoms with Crippen LogP contribution in [0.2, 0.25) is 0 Å². The van der Waals surface area contributed by atoms with Crippen molar-refractivity contribution in [2.45, 2.75) is 52.7 Å². The van der Waals surface area contributed by atoms with Crippen LogP contribution in [0.25, 0.3) is 11.4 Å². The Bertz CT molecular complexity index is 853. The first-order chi connectivity index (χ1) is 12.3. The summed E-state index contributed by atoms with van der Waals surface area (Å²) in [5.41, 5.74) is 1.42. The summed E-state index contributed by atoms with van der Waals surface area (Å²) in [6.45, 7) is 19.8. The van der Waals surface area contributed by atoms with Crippen LogP contribution in [0.3, 0.4) is 0 Å². The van der Waals surface area contributed by atoms with Gasteiger partial charge in [0, 0.05) is 39.8 Å². The molecular weight excluding hydrogens is 470 g/mol. The van der Waals surface area contributed by atoms with Gasteiger partial charge in [-0.05, 0) is 59.3 Å². The molecule has 1 heterocycles. The van der Waals surface area contributed by atoms with Crippen molar-refractivity contribution in [1.82, 2.24) is 14.8 Å². The third-order valence-corrected chi connectivity index (χ3v) is 5.40. The van der Waals surface area contributed by atoms with E-state index in [0.717, 1.165) is 16.7 Å². The number of hydrogen-bond donors (Lipinski definition) is 1. The molecule has 0 bridgehead atoms. The molecule has 0 unspecified atom stereocenters. The predicted molar refractivity (Wildman–Crippen MR) is 112 cm³/mol. The molecule has 1 N–H and O–H groups in total. The van der Waals surface area contributed by atoms with Crippen molar-refractivity contribution < 1.29 is 46.3 Å². The molecular formula is C19H28N3O3PSY-2. The molecule has 153 valence electrons. The fourth-order valence-corrected chi connectivity index (χ4v) is 3.54. The molecule has 0 saturated carbocycles. The van der Waals surface area contributed by atoms with Crippen molar-refractivity contribution in [3.63, 3.8) is 0 Å². The Kier molecular flexibility index (Phi) is 8.77. The number of nitrogens with zero attached hydrogens (tertiary/aromatic N) is 2. The van der Waals surface area contributed by atoms with E-state index < -0.39 is 19.8 Å². The van der Waals surface area contributed by atoms with Gasteiger partial charge in [-0.25, -0.2) is 6.07 Å². The molecule has 0 atom stereocenters. The Balaban J connectivity index is 0.00000392. The van der Waals surface area contributed by atoms with Crippen LogP contribution < -0.4 is 4.52 Å². The average molecular weight is 498 g/mol. The Labute approximate surface area is 199 Å². The molecule has 2 aromatic rings. The third kappa shape index (κ3) is 7.12. The fraction of sp³-hybridized carbons (Fsp3) is 0.474. The topological polar surface area (TPSA) is 61.3 Å². The summed E-state index contributed by atoms with van der Waals surface area (Å²) in [7, 11) is 0.173. The molecule has 1 aromatic carbocycles. The molecule has 1 aromatic heterocycles. The van der Waals surface area contributed by atoms with Gasteiger partial charge in [0.1, 0.15) is 0 Å². The van der Waals surface area contributed by atoms with E-state index in [1.165, 1.54) is 0 Å². The molecule has 0 amide bonds. The van der Waals surface area contributed by atoms with E-state index in [4.69, 9.17) is 25.8 Å². The molecule has 6 nitrogen and oxygen atoms in total. The molecule has 0 saturated heterocycles. The summed E-state index contributed by atoms with van der Waals surface area (Å²) in [4.78, 5) is 0.